The molecule has 1 amide bonds. The van der Waals surface area contributed by atoms with E-state index >= 15 is 0 Å². The summed E-state index contributed by atoms with van der Waals surface area (Å²) in [7, 11) is 4.01. The van der Waals surface area contributed by atoms with Gasteiger partial charge in [-0.25, -0.2) is 9.37 Å². The van der Waals surface area contributed by atoms with Gasteiger partial charge in [-0.15, -0.1) is 24.2 Å². The van der Waals surface area contributed by atoms with E-state index < -0.39 is 0 Å². The van der Waals surface area contributed by atoms with Crippen LogP contribution in [0.15, 0.2) is 47.4 Å². The number of halogens is 2. The normalized spacial score (nSPS) is 10.9. The van der Waals surface area contributed by atoms with Gasteiger partial charge in [0.25, 0.3) is 0 Å². The number of benzene rings is 2. The average molecular weight is 454 g/mol. The Morgan fingerprint density at radius 1 is 1.14 bits per heavy atom. The summed E-state index contributed by atoms with van der Waals surface area (Å²) in [5.74, 6) is -0.0396. The van der Waals surface area contributed by atoms with Gasteiger partial charge in [0.05, 0.1) is 10.5 Å². The lowest BCUT2D eigenvalue weighted by atomic mass is 10.2. The van der Waals surface area contributed by atoms with Gasteiger partial charge in [0, 0.05) is 11.4 Å². The highest BCUT2D eigenvalue weighted by molar-refractivity contribution is 8.00. The molecule has 0 aliphatic heterocycles. The fourth-order valence-electron chi connectivity index (χ4n) is 2.75. The van der Waals surface area contributed by atoms with Gasteiger partial charge in [-0.05, 0) is 58.3 Å². The van der Waals surface area contributed by atoms with E-state index in [4.69, 9.17) is 0 Å². The molecule has 0 aliphatic rings. The van der Waals surface area contributed by atoms with Crippen LogP contribution in [0.25, 0.3) is 10.2 Å². The van der Waals surface area contributed by atoms with Crippen molar-refractivity contribution in [3.05, 3.63) is 53.8 Å². The van der Waals surface area contributed by atoms with Crippen molar-refractivity contribution in [1.82, 2.24) is 9.88 Å². The van der Waals surface area contributed by atoms with Crippen LogP contribution in [0.1, 0.15) is 12.0 Å². The zero-order valence-corrected chi connectivity index (χ0v) is 19.2. The summed E-state index contributed by atoms with van der Waals surface area (Å²) >= 11 is 2.87. The standard InChI is InChI=1S/C21H24FN3OS2.ClH/c1-15-8-10-16(11-9-15)27-14-19(26)25(13-5-12-24(2)3)21-23-20-17(22)6-4-7-18(20)28-21;/h4,6-11H,5,12-14H2,1-3H3;1H. The SMILES string of the molecule is Cc1ccc(SCC(=O)N(CCCN(C)C)c2nc3c(F)cccc3s2)cc1.Cl. The minimum Gasteiger partial charge on any atom is -0.309 e. The van der Waals surface area contributed by atoms with Crippen LogP contribution in [-0.2, 0) is 4.79 Å². The van der Waals surface area contributed by atoms with Gasteiger partial charge in [-0.1, -0.05) is 35.1 Å². The first-order chi connectivity index (χ1) is 13.4. The van der Waals surface area contributed by atoms with E-state index in [2.05, 4.69) is 9.88 Å². The number of anilines is 1. The van der Waals surface area contributed by atoms with Gasteiger partial charge >= 0.3 is 0 Å². The zero-order valence-electron chi connectivity index (χ0n) is 16.7. The van der Waals surface area contributed by atoms with Crippen LogP contribution >= 0.6 is 35.5 Å². The average Bonchev–Trinajstić information content (AvgIpc) is 3.09. The molecule has 4 nitrogen and oxygen atoms in total. The minimum atomic E-state index is -0.352. The van der Waals surface area contributed by atoms with Gasteiger partial charge in [0.1, 0.15) is 11.3 Å². The van der Waals surface area contributed by atoms with Crippen molar-refractivity contribution in [1.29, 1.82) is 0 Å². The molecule has 1 aromatic heterocycles. The molecule has 156 valence electrons. The number of hydrogen-bond donors (Lipinski definition) is 0. The van der Waals surface area contributed by atoms with E-state index in [1.165, 1.54) is 34.7 Å². The van der Waals surface area contributed by atoms with Crippen LogP contribution in [0.4, 0.5) is 9.52 Å². The summed E-state index contributed by atoms with van der Waals surface area (Å²) in [5, 5.41) is 0.563. The van der Waals surface area contributed by atoms with Crippen molar-refractivity contribution in [3.8, 4) is 0 Å². The first kappa shape index (κ1) is 23.6. The molecule has 3 rings (SSSR count). The Bertz CT molecular complexity index is 947. The molecule has 3 aromatic rings. The molecule has 2 aromatic carbocycles. The molecule has 0 bridgehead atoms. The Balaban J connectivity index is 0.00000300. The highest BCUT2D eigenvalue weighted by atomic mass is 35.5. The fourth-order valence-corrected chi connectivity index (χ4v) is 4.55. The molecule has 29 heavy (non-hydrogen) atoms. The van der Waals surface area contributed by atoms with Crippen molar-refractivity contribution in [2.24, 2.45) is 0 Å². The van der Waals surface area contributed by atoms with E-state index in [1.807, 2.05) is 51.4 Å². The number of nitrogens with zero attached hydrogens (tertiary/aromatic N) is 3. The predicted octanol–water partition coefficient (Wildman–Crippen LogP) is 5.24. The summed E-state index contributed by atoms with van der Waals surface area (Å²) in [6.45, 7) is 3.47. The number of amides is 1. The lowest BCUT2D eigenvalue weighted by Gasteiger charge is -2.21. The number of aryl methyl sites for hydroxylation is 1. The summed E-state index contributed by atoms with van der Waals surface area (Å²) in [6, 6.07) is 13.0. The highest BCUT2D eigenvalue weighted by Crippen LogP contribution is 2.31. The molecule has 0 atom stereocenters. The van der Waals surface area contributed by atoms with Gasteiger partial charge in [0.2, 0.25) is 5.91 Å². The molecule has 8 heteroatoms. The maximum absolute atomic E-state index is 14.1. The second-order valence-electron chi connectivity index (χ2n) is 6.89. The first-order valence-electron chi connectivity index (χ1n) is 9.13. The number of rotatable bonds is 8. The molecule has 0 spiro atoms. The van der Waals surface area contributed by atoms with Crippen LogP contribution in [0.5, 0.6) is 0 Å². The van der Waals surface area contributed by atoms with Crippen LogP contribution < -0.4 is 4.90 Å². The molecular formula is C21H25ClFN3OS2. The van der Waals surface area contributed by atoms with Crippen molar-refractivity contribution >= 4 is 56.8 Å². The quantitative estimate of drug-likeness (QED) is 0.437. The number of carbonyl (C=O) groups is 1. The zero-order chi connectivity index (χ0) is 20.1. The molecule has 0 saturated heterocycles. The van der Waals surface area contributed by atoms with E-state index in [1.54, 1.807) is 11.0 Å². The molecule has 0 radical (unpaired) electrons. The minimum absolute atomic E-state index is 0. The smallest absolute Gasteiger partial charge is 0.239 e. The van der Waals surface area contributed by atoms with Gasteiger partial charge in [-0.3, -0.25) is 9.69 Å². The lowest BCUT2D eigenvalue weighted by Crippen LogP contribution is -2.34. The summed E-state index contributed by atoms with van der Waals surface area (Å²) < 4.78 is 14.8. The van der Waals surface area contributed by atoms with Gasteiger partial charge in [-0.2, -0.15) is 0 Å². The number of fused-ring (bicyclic) bond motifs is 1. The molecule has 0 aliphatic carbocycles. The Morgan fingerprint density at radius 2 is 1.86 bits per heavy atom. The van der Waals surface area contributed by atoms with Gasteiger partial charge in [0.15, 0.2) is 5.13 Å². The summed E-state index contributed by atoms with van der Waals surface area (Å²) in [4.78, 5) is 22.3. The largest absolute Gasteiger partial charge is 0.309 e. The number of thiazole rings is 1. The van der Waals surface area contributed by atoms with Crippen LogP contribution in [0, 0.1) is 12.7 Å². The van der Waals surface area contributed by atoms with Gasteiger partial charge < -0.3 is 4.90 Å². The highest BCUT2D eigenvalue weighted by Gasteiger charge is 2.20. The topological polar surface area (TPSA) is 36.4 Å². The maximum Gasteiger partial charge on any atom is 0.239 e. The monoisotopic (exact) mass is 453 g/mol. The second-order valence-corrected chi connectivity index (χ2v) is 8.94. The third kappa shape index (κ3) is 6.40. The van der Waals surface area contributed by atoms with Crippen LogP contribution in [-0.4, -0.2) is 48.7 Å². The van der Waals surface area contributed by atoms with E-state index in [0.29, 0.717) is 22.9 Å². The number of hydrogen-bond acceptors (Lipinski definition) is 5. The lowest BCUT2D eigenvalue weighted by molar-refractivity contribution is -0.116. The molecular weight excluding hydrogens is 429 g/mol. The predicted molar refractivity (Wildman–Crippen MR) is 124 cm³/mol. The maximum atomic E-state index is 14.1. The second kappa shape index (κ2) is 10.9. The third-order valence-electron chi connectivity index (χ3n) is 4.26. The van der Waals surface area contributed by atoms with Crippen molar-refractivity contribution < 1.29 is 9.18 Å². The Hall–Kier alpha value is -1.67. The number of thioether (sulfide) groups is 1. The van der Waals surface area contributed by atoms with Crippen molar-refractivity contribution in [2.75, 3.05) is 37.8 Å². The molecule has 0 fully saturated rings. The fraction of sp³-hybridized carbons (Fsp3) is 0.333. The number of para-hydroxylation sites is 1. The van der Waals surface area contributed by atoms with Crippen molar-refractivity contribution in [2.45, 2.75) is 18.2 Å². The van der Waals surface area contributed by atoms with E-state index in [9.17, 15) is 9.18 Å². The Morgan fingerprint density at radius 3 is 2.52 bits per heavy atom. The molecule has 1 heterocycles. The Labute approximate surface area is 185 Å². The molecule has 0 N–H and O–H groups in total. The van der Waals surface area contributed by atoms with E-state index in [0.717, 1.165) is 22.6 Å². The number of aromatic nitrogens is 1. The first-order valence-corrected chi connectivity index (χ1v) is 10.9. The molecule has 0 saturated carbocycles. The van der Waals surface area contributed by atoms with Crippen molar-refractivity contribution in [3.63, 3.8) is 0 Å². The Kier molecular flexibility index (Phi) is 8.89. The van der Waals surface area contributed by atoms with E-state index in [-0.39, 0.29) is 24.1 Å². The third-order valence-corrected chi connectivity index (χ3v) is 6.30. The van der Waals surface area contributed by atoms with Crippen LogP contribution in [0.2, 0.25) is 0 Å². The van der Waals surface area contributed by atoms with Crippen LogP contribution in [0.3, 0.4) is 0 Å². The number of carbonyl (C=O) groups excluding carboxylic acids is 1. The summed E-state index contributed by atoms with van der Waals surface area (Å²) in [5.41, 5.74) is 1.52. The molecule has 0 unspecified atom stereocenters. The summed E-state index contributed by atoms with van der Waals surface area (Å²) in [6.07, 6.45) is 0.826.